The first-order valence-corrected chi connectivity index (χ1v) is 3.09. The predicted octanol–water partition coefficient (Wildman–Crippen LogP) is 1.49. The fourth-order valence-corrected chi connectivity index (χ4v) is 0.602. The number of hydrogen-bond donors (Lipinski definition) is 1. The standard InChI is InChI=1S/C7H14N2/c1-4-9(6-5-8)7(2)3/h4-5,7-8H,1,6H2,2-3H3. The van der Waals surface area contributed by atoms with E-state index in [0.717, 1.165) is 0 Å². The quantitative estimate of drug-likeness (QED) is 0.568. The Morgan fingerprint density at radius 1 is 1.67 bits per heavy atom. The summed E-state index contributed by atoms with van der Waals surface area (Å²) in [6, 6.07) is 0.448. The van der Waals surface area contributed by atoms with E-state index in [-0.39, 0.29) is 0 Å². The number of rotatable bonds is 4. The van der Waals surface area contributed by atoms with Gasteiger partial charge in [0, 0.05) is 12.3 Å². The van der Waals surface area contributed by atoms with Crippen LogP contribution in [0.4, 0.5) is 0 Å². The zero-order valence-electron chi connectivity index (χ0n) is 6.09. The highest BCUT2D eigenvalue weighted by Gasteiger charge is 1.98. The smallest absolute Gasteiger partial charge is 0.0522 e. The molecule has 1 N–H and O–H groups in total. The summed E-state index contributed by atoms with van der Waals surface area (Å²) in [5.74, 6) is 0. The van der Waals surface area contributed by atoms with E-state index in [4.69, 9.17) is 5.41 Å². The van der Waals surface area contributed by atoms with Gasteiger partial charge < -0.3 is 10.3 Å². The first kappa shape index (κ1) is 8.21. The van der Waals surface area contributed by atoms with E-state index in [2.05, 4.69) is 20.4 Å². The van der Waals surface area contributed by atoms with Crippen molar-refractivity contribution < 1.29 is 0 Å². The van der Waals surface area contributed by atoms with Gasteiger partial charge >= 0.3 is 0 Å². The molecule has 0 unspecified atom stereocenters. The summed E-state index contributed by atoms with van der Waals surface area (Å²) in [7, 11) is 0. The summed E-state index contributed by atoms with van der Waals surface area (Å²) < 4.78 is 0. The highest BCUT2D eigenvalue weighted by Crippen LogP contribution is 1.94. The number of hydrogen-bond acceptors (Lipinski definition) is 2. The molecule has 0 atom stereocenters. The lowest BCUT2D eigenvalue weighted by atomic mass is 10.3. The summed E-state index contributed by atoms with van der Waals surface area (Å²) in [6.45, 7) is 8.44. The van der Waals surface area contributed by atoms with Crippen LogP contribution in [0, 0.1) is 5.41 Å². The zero-order valence-corrected chi connectivity index (χ0v) is 6.09. The van der Waals surface area contributed by atoms with Crippen LogP contribution in [-0.2, 0) is 0 Å². The molecule has 0 aliphatic carbocycles. The Morgan fingerprint density at radius 2 is 2.22 bits per heavy atom. The van der Waals surface area contributed by atoms with Gasteiger partial charge in [-0.1, -0.05) is 6.58 Å². The van der Waals surface area contributed by atoms with E-state index in [1.165, 1.54) is 6.21 Å². The van der Waals surface area contributed by atoms with Crippen molar-refractivity contribution in [3.05, 3.63) is 12.8 Å². The average molecular weight is 126 g/mol. The van der Waals surface area contributed by atoms with Gasteiger partial charge in [0.1, 0.15) is 0 Å². The van der Waals surface area contributed by atoms with Crippen LogP contribution in [0.1, 0.15) is 13.8 Å². The lowest BCUT2D eigenvalue weighted by Gasteiger charge is -2.21. The lowest BCUT2D eigenvalue weighted by molar-refractivity contribution is 0.354. The minimum Gasteiger partial charge on any atom is -0.370 e. The van der Waals surface area contributed by atoms with E-state index in [9.17, 15) is 0 Å². The SMILES string of the molecule is C=CN(CC=N)C(C)C. The molecule has 0 fully saturated rings. The first-order valence-electron chi connectivity index (χ1n) is 3.09. The molecule has 0 saturated heterocycles. The molecule has 52 valence electrons. The van der Waals surface area contributed by atoms with E-state index in [1.54, 1.807) is 6.20 Å². The molecule has 0 aliphatic rings. The highest BCUT2D eigenvalue weighted by molar-refractivity contribution is 5.55. The van der Waals surface area contributed by atoms with Gasteiger partial charge in [0.15, 0.2) is 0 Å². The van der Waals surface area contributed by atoms with E-state index in [1.807, 2.05) is 4.90 Å². The highest BCUT2D eigenvalue weighted by atomic mass is 15.1. The Kier molecular flexibility index (Phi) is 3.76. The third-order valence-corrected chi connectivity index (χ3v) is 1.20. The first-order chi connectivity index (χ1) is 4.22. The van der Waals surface area contributed by atoms with Gasteiger partial charge in [-0.3, -0.25) is 0 Å². The molecule has 0 aromatic heterocycles. The van der Waals surface area contributed by atoms with Crippen molar-refractivity contribution >= 4 is 6.21 Å². The van der Waals surface area contributed by atoms with Crippen molar-refractivity contribution in [3.8, 4) is 0 Å². The van der Waals surface area contributed by atoms with E-state index in [0.29, 0.717) is 12.6 Å². The summed E-state index contributed by atoms with van der Waals surface area (Å²) in [6.07, 6.45) is 3.14. The van der Waals surface area contributed by atoms with Crippen molar-refractivity contribution in [1.82, 2.24) is 4.90 Å². The predicted molar refractivity (Wildman–Crippen MR) is 40.8 cm³/mol. The molecule has 0 aromatic carbocycles. The summed E-state index contributed by atoms with van der Waals surface area (Å²) in [5, 5.41) is 6.82. The van der Waals surface area contributed by atoms with Crippen LogP contribution in [0.15, 0.2) is 12.8 Å². The second-order valence-corrected chi connectivity index (χ2v) is 2.18. The maximum absolute atomic E-state index is 6.82. The Hall–Kier alpha value is -0.790. The Morgan fingerprint density at radius 3 is 2.33 bits per heavy atom. The van der Waals surface area contributed by atoms with Crippen LogP contribution >= 0.6 is 0 Å². The molecule has 0 aliphatic heterocycles. The van der Waals surface area contributed by atoms with Gasteiger partial charge in [-0.2, -0.15) is 0 Å². The van der Waals surface area contributed by atoms with E-state index < -0.39 is 0 Å². The Bertz CT molecular complexity index is 97.1. The van der Waals surface area contributed by atoms with Crippen molar-refractivity contribution in [2.45, 2.75) is 19.9 Å². The molecule has 0 radical (unpaired) electrons. The number of nitrogens with one attached hydrogen (secondary N) is 1. The van der Waals surface area contributed by atoms with Gasteiger partial charge in [0.2, 0.25) is 0 Å². The molecule has 0 bridgehead atoms. The fraction of sp³-hybridized carbons (Fsp3) is 0.571. The van der Waals surface area contributed by atoms with Crippen LogP contribution in [-0.4, -0.2) is 23.7 Å². The van der Waals surface area contributed by atoms with Gasteiger partial charge in [0.05, 0.1) is 6.54 Å². The largest absolute Gasteiger partial charge is 0.370 e. The molecule has 0 heterocycles. The molecule has 0 spiro atoms. The van der Waals surface area contributed by atoms with Gasteiger partial charge in [-0.05, 0) is 20.0 Å². The molecule has 2 nitrogen and oxygen atoms in total. The van der Waals surface area contributed by atoms with Crippen molar-refractivity contribution in [2.75, 3.05) is 6.54 Å². The summed E-state index contributed by atoms with van der Waals surface area (Å²) >= 11 is 0. The van der Waals surface area contributed by atoms with Crippen LogP contribution in [0.5, 0.6) is 0 Å². The molecule has 2 heteroatoms. The van der Waals surface area contributed by atoms with Crippen LogP contribution in [0.25, 0.3) is 0 Å². The normalized spacial score (nSPS) is 9.22. The third-order valence-electron chi connectivity index (χ3n) is 1.20. The van der Waals surface area contributed by atoms with Crippen molar-refractivity contribution in [2.24, 2.45) is 0 Å². The zero-order chi connectivity index (χ0) is 7.28. The Balaban J connectivity index is 3.66. The minimum absolute atomic E-state index is 0.448. The van der Waals surface area contributed by atoms with Crippen molar-refractivity contribution in [1.29, 1.82) is 5.41 Å². The fourth-order valence-electron chi connectivity index (χ4n) is 0.602. The molecule has 9 heavy (non-hydrogen) atoms. The van der Waals surface area contributed by atoms with E-state index >= 15 is 0 Å². The summed E-state index contributed by atoms with van der Waals surface area (Å²) in [5.41, 5.74) is 0. The molecular weight excluding hydrogens is 112 g/mol. The third kappa shape index (κ3) is 2.90. The molecular formula is C7H14N2. The maximum Gasteiger partial charge on any atom is 0.0522 e. The van der Waals surface area contributed by atoms with Gasteiger partial charge in [-0.15, -0.1) is 0 Å². The second kappa shape index (κ2) is 4.13. The van der Waals surface area contributed by atoms with Crippen LogP contribution < -0.4 is 0 Å². The molecule has 0 rings (SSSR count). The van der Waals surface area contributed by atoms with Crippen LogP contribution in [0.2, 0.25) is 0 Å². The molecule has 0 amide bonds. The molecule has 0 aromatic rings. The van der Waals surface area contributed by atoms with Crippen molar-refractivity contribution in [3.63, 3.8) is 0 Å². The average Bonchev–Trinajstić information content (AvgIpc) is 1.82. The Labute approximate surface area is 56.7 Å². The van der Waals surface area contributed by atoms with Gasteiger partial charge in [0.25, 0.3) is 0 Å². The number of nitrogens with zero attached hydrogens (tertiary/aromatic N) is 1. The van der Waals surface area contributed by atoms with Gasteiger partial charge in [-0.25, -0.2) is 0 Å². The topological polar surface area (TPSA) is 27.1 Å². The molecule has 0 saturated carbocycles. The lowest BCUT2D eigenvalue weighted by Crippen LogP contribution is -2.26. The second-order valence-electron chi connectivity index (χ2n) is 2.18. The van der Waals surface area contributed by atoms with Crippen LogP contribution in [0.3, 0.4) is 0 Å². The minimum atomic E-state index is 0.448. The monoisotopic (exact) mass is 126 g/mol. The summed E-state index contributed by atoms with van der Waals surface area (Å²) in [4.78, 5) is 1.99. The maximum atomic E-state index is 6.82.